The van der Waals surface area contributed by atoms with Gasteiger partial charge in [-0.15, -0.1) is 0 Å². The first-order valence-corrected chi connectivity index (χ1v) is 14.1. The van der Waals surface area contributed by atoms with E-state index >= 15 is 0 Å². The average molecular weight is 549 g/mol. The second kappa shape index (κ2) is 11.8. The molecule has 206 valence electrons. The van der Waals surface area contributed by atoms with Crippen LogP contribution in [0.1, 0.15) is 62.3 Å². The van der Waals surface area contributed by atoms with Crippen LogP contribution in [0, 0.1) is 5.92 Å². The number of ether oxygens (including phenoxy) is 2. The van der Waals surface area contributed by atoms with Crippen LogP contribution in [0.25, 0.3) is 0 Å². The normalized spacial score (nSPS) is 21.0. The zero-order valence-electron chi connectivity index (χ0n) is 22.8. The van der Waals surface area contributed by atoms with Crippen molar-refractivity contribution in [3.63, 3.8) is 0 Å². The maximum Gasteiger partial charge on any atom is 0.233 e. The number of amides is 1. The number of hydrogen-bond donors (Lipinski definition) is 2. The number of methoxy groups -OCH3 is 1. The molecule has 0 bridgehead atoms. The fourth-order valence-electron chi connectivity index (χ4n) is 5.58. The molecular formula is C31H37ClN4O3. The van der Waals surface area contributed by atoms with Crippen molar-refractivity contribution in [1.29, 1.82) is 0 Å². The van der Waals surface area contributed by atoms with E-state index in [0.717, 1.165) is 54.6 Å². The second-order valence-corrected chi connectivity index (χ2v) is 11.3. The Bertz CT molecular complexity index is 1290. The Morgan fingerprint density at radius 2 is 1.82 bits per heavy atom. The lowest BCUT2D eigenvalue weighted by molar-refractivity contribution is -0.118. The largest absolute Gasteiger partial charge is 0.493 e. The molecule has 1 amide bonds. The van der Waals surface area contributed by atoms with E-state index in [2.05, 4.69) is 5.32 Å². The van der Waals surface area contributed by atoms with Gasteiger partial charge < -0.3 is 20.5 Å². The van der Waals surface area contributed by atoms with Gasteiger partial charge in [0.1, 0.15) is 5.82 Å². The number of rotatable bonds is 8. The summed E-state index contributed by atoms with van der Waals surface area (Å²) in [6, 6.07) is 15.4. The van der Waals surface area contributed by atoms with Crippen LogP contribution < -0.4 is 25.4 Å². The van der Waals surface area contributed by atoms with Crippen LogP contribution in [-0.2, 0) is 11.2 Å². The quantitative estimate of drug-likeness (QED) is 0.351. The van der Waals surface area contributed by atoms with Gasteiger partial charge in [-0.1, -0.05) is 23.7 Å². The first-order valence-electron chi connectivity index (χ1n) is 13.7. The van der Waals surface area contributed by atoms with Crippen molar-refractivity contribution in [3.05, 3.63) is 76.4 Å². The molecule has 2 heterocycles. The Morgan fingerprint density at radius 1 is 1.08 bits per heavy atom. The van der Waals surface area contributed by atoms with E-state index in [1.54, 1.807) is 12.0 Å². The van der Waals surface area contributed by atoms with Gasteiger partial charge >= 0.3 is 0 Å². The lowest BCUT2D eigenvalue weighted by Gasteiger charge is -2.37. The van der Waals surface area contributed by atoms with Crippen molar-refractivity contribution in [2.45, 2.75) is 64.1 Å². The molecule has 5 rings (SSSR count). The molecule has 3 aromatic rings. The number of pyridine rings is 1. The molecule has 1 unspecified atom stereocenters. The van der Waals surface area contributed by atoms with Crippen LogP contribution in [0.2, 0.25) is 5.02 Å². The predicted octanol–water partition coefficient (Wildman–Crippen LogP) is 6.14. The van der Waals surface area contributed by atoms with Gasteiger partial charge in [0, 0.05) is 17.6 Å². The zero-order valence-corrected chi connectivity index (χ0v) is 23.6. The molecule has 7 nitrogen and oxygen atoms in total. The van der Waals surface area contributed by atoms with Crippen molar-refractivity contribution in [3.8, 4) is 11.5 Å². The highest BCUT2D eigenvalue weighted by molar-refractivity contribution is 6.30. The molecule has 39 heavy (non-hydrogen) atoms. The smallest absolute Gasteiger partial charge is 0.233 e. The van der Waals surface area contributed by atoms with E-state index in [1.807, 2.05) is 68.6 Å². The number of nitrogens with zero attached hydrogens (tertiary/aromatic N) is 2. The molecule has 1 atom stereocenters. The van der Waals surface area contributed by atoms with Crippen molar-refractivity contribution in [2.24, 2.45) is 11.7 Å². The fraction of sp³-hybridized carbons (Fsp3) is 0.419. The number of anilines is 2. The summed E-state index contributed by atoms with van der Waals surface area (Å²) in [6.07, 6.45) is 6.50. The molecule has 0 saturated heterocycles. The number of hydrogen-bond acceptors (Lipinski definition) is 6. The number of nitrogens with one attached hydrogen (secondary N) is 1. The Balaban J connectivity index is 1.47. The van der Waals surface area contributed by atoms with Crippen molar-refractivity contribution in [2.75, 3.05) is 23.9 Å². The van der Waals surface area contributed by atoms with Gasteiger partial charge in [0.05, 0.1) is 37.6 Å². The molecule has 1 fully saturated rings. The highest BCUT2D eigenvalue weighted by Gasteiger charge is 2.36. The van der Waals surface area contributed by atoms with Gasteiger partial charge in [-0.2, -0.15) is 0 Å². The Labute approximate surface area is 235 Å². The molecule has 1 saturated carbocycles. The predicted molar refractivity (Wildman–Crippen MR) is 156 cm³/mol. The maximum atomic E-state index is 13.7. The molecule has 8 heteroatoms. The number of nitrogens with two attached hydrogens (primary N) is 1. The van der Waals surface area contributed by atoms with E-state index < -0.39 is 6.04 Å². The third-order valence-corrected chi connectivity index (χ3v) is 7.87. The number of aromatic nitrogens is 1. The number of halogens is 1. The Kier molecular flexibility index (Phi) is 8.29. The van der Waals surface area contributed by atoms with Crippen LogP contribution in [0.4, 0.5) is 11.5 Å². The molecule has 3 N–H and O–H groups in total. The minimum Gasteiger partial charge on any atom is -0.493 e. The Hall–Kier alpha value is -3.29. The van der Waals surface area contributed by atoms with Crippen LogP contribution in [0.5, 0.6) is 11.5 Å². The van der Waals surface area contributed by atoms with Crippen molar-refractivity contribution < 1.29 is 14.3 Å². The molecule has 2 aromatic carbocycles. The third kappa shape index (κ3) is 6.15. The molecule has 1 aliphatic heterocycles. The van der Waals surface area contributed by atoms with Crippen molar-refractivity contribution in [1.82, 2.24) is 4.98 Å². The Morgan fingerprint density at radius 3 is 2.46 bits per heavy atom. The summed E-state index contributed by atoms with van der Waals surface area (Å²) < 4.78 is 11.7. The number of fused-ring (bicyclic) bond motifs is 1. The summed E-state index contributed by atoms with van der Waals surface area (Å²) in [5, 5.41) is 4.16. The molecule has 2 aliphatic rings. The van der Waals surface area contributed by atoms with Gasteiger partial charge in [-0.25, -0.2) is 4.98 Å². The maximum absolute atomic E-state index is 13.7. The van der Waals surface area contributed by atoms with Crippen LogP contribution in [-0.4, -0.2) is 36.7 Å². The molecule has 1 aliphatic carbocycles. The minimum absolute atomic E-state index is 0.0284. The summed E-state index contributed by atoms with van der Waals surface area (Å²) in [4.78, 5) is 20.2. The van der Waals surface area contributed by atoms with Gasteiger partial charge in [0.15, 0.2) is 11.5 Å². The summed E-state index contributed by atoms with van der Waals surface area (Å²) >= 11 is 6.22. The number of benzene rings is 2. The molecule has 1 aromatic heterocycles. The first-order chi connectivity index (χ1) is 18.8. The fourth-order valence-corrected chi connectivity index (χ4v) is 5.71. The van der Waals surface area contributed by atoms with E-state index in [4.69, 9.17) is 31.8 Å². The monoisotopic (exact) mass is 548 g/mol. The topological polar surface area (TPSA) is 89.7 Å². The number of carbonyl (C=O) groups is 1. The first kappa shape index (κ1) is 27.3. The van der Waals surface area contributed by atoms with Gasteiger partial charge in [0.2, 0.25) is 5.91 Å². The standard InChI is InChI=1S/C31H37ClN4O3/c1-19(2)39-28-16-26-22(14-27(28)38-3)15-30(37)36(31(26)21-6-8-23(32)9-7-21)29-13-12-25(18-35-29)34-17-20-4-10-24(33)11-5-20/h6-9,12-14,16,18-20,24,31,34H,4-5,10-11,15,17,33H2,1-3H3. The van der Waals surface area contributed by atoms with E-state index in [9.17, 15) is 4.79 Å². The highest BCUT2D eigenvalue weighted by atomic mass is 35.5. The number of carbonyl (C=O) groups excluding carboxylic acids is 1. The molecule has 0 radical (unpaired) electrons. The van der Waals surface area contributed by atoms with Crippen molar-refractivity contribution >= 4 is 29.0 Å². The van der Waals surface area contributed by atoms with E-state index in [0.29, 0.717) is 34.3 Å². The SMILES string of the molecule is COc1cc2c(cc1OC(C)C)C(c1ccc(Cl)cc1)N(c1ccc(NCC3CCC(N)CC3)cn1)C(=O)C2. The van der Waals surface area contributed by atoms with Crippen LogP contribution >= 0.6 is 11.6 Å². The summed E-state index contributed by atoms with van der Waals surface area (Å²) in [6.45, 7) is 4.86. The van der Waals surface area contributed by atoms with Gasteiger partial charge in [0.25, 0.3) is 0 Å². The zero-order chi connectivity index (χ0) is 27.5. The van der Waals surface area contributed by atoms with Gasteiger partial charge in [-0.05, 0) is 98.5 Å². The molecular weight excluding hydrogens is 512 g/mol. The van der Waals surface area contributed by atoms with E-state index in [-0.39, 0.29) is 18.4 Å². The minimum atomic E-state index is -0.392. The average Bonchev–Trinajstić information content (AvgIpc) is 2.92. The lowest BCUT2D eigenvalue weighted by atomic mass is 9.86. The van der Waals surface area contributed by atoms with Gasteiger partial charge in [-0.3, -0.25) is 9.69 Å². The summed E-state index contributed by atoms with van der Waals surface area (Å²) in [5.74, 6) is 2.46. The van der Waals surface area contributed by atoms with Crippen LogP contribution in [0.3, 0.4) is 0 Å². The highest BCUT2D eigenvalue weighted by Crippen LogP contribution is 2.43. The third-order valence-electron chi connectivity index (χ3n) is 7.62. The lowest BCUT2D eigenvalue weighted by Crippen LogP contribution is -2.41. The second-order valence-electron chi connectivity index (χ2n) is 10.8. The van der Waals surface area contributed by atoms with Crippen LogP contribution in [0.15, 0.2) is 54.7 Å². The van der Waals surface area contributed by atoms with E-state index in [1.165, 1.54) is 0 Å². The molecule has 0 spiro atoms. The summed E-state index contributed by atoms with van der Waals surface area (Å²) in [5.41, 5.74) is 9.83. The summed E-state index contributed by atoms with van der Waals surface area (Å²) in [7, 11) is 1.62.